The molecule has 0 aromatic heterocycles. The highest BCUT2D eigenvalue weighted by atomic mass is 16.2. The Morgan fingerprint density at radius 1 is 1.20 bits per heavy atom. The number of benzene rings is 1. The molecule has 0 saturated carbocycles. The first-order valence-electron chi connectivity index (χ1n) is 7.05. The van der Waals surface area contributed by atoms with Gasteiger partial charge in [-0.2, -0.15) is 0 Å². The summed E-state index contributed by atoms with van der Waals surface area (Å²) in [4.78, 5) is 24.9. The van der Waals surface area contributed by atoms with E-state index in [4.69, 9.17) is 0 Å². The molecular weight excluding hydrogens is 252 g/mol. The van der Waals surface area contributed by atoms with E-state index in [1.54, 1.807) is 4.90 Å². The first kappa shape index (κ1) is 16.2. The van der Waals surface area contributed by atoms with Crippen molar-refractivity contribution in [3.8, 4) is 0 Å². The molecule has 0 aliphatic rings. The van der Waals surface area contributed by atoms with Crippen LogP contribution in [0, 0.1) is 5.92 Å². The van der Waals surface area contributed by atoms with E-state index in [0.717, 1.165) is 6.42 Å². The van der Waals surface area contributed by atoms with Crippen molar-refractivity contribution in [1.29, 1.82) is 0 Å². The molecular formula is C16H24N2O2. The van der Waals surface area contributed by atoms with E-state index in [9.17, 15) is 9.59 Å². The van der Waals surface area contributed by atoms with E-state index in [1.807, 2.05) is 44.2 Å². The molecule has 0 saturated heterocycles. The zero-order valence-corrected chi connectivity index (χ0v) is 12.6. The summed E-state index contributed by atoms with van der Waals surface area (Å²) >= 11 is 0. The Morgan fingerprint density at radius 2 is 1.85 bits per heavy atom. The van der Waals surface area contributed by atoms with Gasteiger partial charge >= 0.3 is 0 Å². The third-order valence-corrected chi connectivity index (χ3v) is 2.94. The van der Waals surface area contributed by atoms with Gasteiger partial charge in [-0.15, -0.1) is 0 Å². The summed E-state index contributed by atoms with van der Waals surface area (Å²) in [7, 11) is 0. The van der Waals surface area contributed by atoms with Gasteiger partial charge in [0.25, 0.3) is 0 Å². The maximum Gasteiger partial charge on any atom is 0.239 e. The molecule has 1 aromatic rings. The summed E-state index contributed by atoms with van der Waals surface area (Å²) in [5.41, 5.74) is 1.19. The number of hydrogen-bond acceptors (Lipinski definition) is 2. The molecule has 0 spiro atoms. The summed E-state index contributed by atoms with van der Waals surface area (Å²) in [6.07, 6.45) is 0.802. The van der Waals surface area contributed by atoms with Crippen molar-refractivity contribution in [2.24, 2.45) is 5.92 Å². The first-order valence-corrected chi connectivity index (χ1v) is 7.05. The topological polar surface area (TPSA) is 49.4 Å². The zero-order chi connectivity index (χ0) is 15.0. The quantitative estimate of drug-likeness (QED) is 0.826. The number of rotatable bonds is 7. The van der Waals surface area contributed by atoms with Gasteiger partial charge in [0, 0.05) is 20.0 Å². The molecule has 1 aromatic carbocycles. The fourth-order valence-corrected chi connectivity index (χ4v) is 1.97. The second-order valence-electron chi connectivity index (χ2n) is 5.38. The van der Waals surface area contributed by atoms with Crippen LogP contribution in [0.15, 0.2) is 30.3 Å². The van der Waals surface area contributed by atoms with Gasteiger partial charge in [0.2, 0.25) is 11.8 Å². The van der Waals surface area contributed by atoms with E-state index in [-0.39, 0.29) is 18.4 Å². The molecule has 0 unspecified atom stereocenters. The van der Waals surface area contributed by atoms with Crippen LogP contribution >= 0.6 is 0 Å². The van der Waals surface area contributed by atoms with Gasteiger partial charge in [0.05, 0.1) is 6.54 Å². The Hall–Kier alpha value is -1.84. The highest BCUT2D eigenvalue weighted by Gasteiger charge is 2.14. The maximum absolute atomic E-state index is 11.8. The molecule has 0 heterocycles. The van der Waals surface area contributed by atoms with Gasteiger partial charge in [-0.25, -0.2) is 0 Å². The van der Waals surface area contributed by atoms with E-state index < -0.39 is 0 Å². The van der Waals surface area contributed by atoms with Crippen LogP contribution in [0.3, 0.4) is 0 Å². The van der Waals surface area contributed by atoms with Crippen LogP contribution in [0.5, 0.6) is 0 Å². The van der Waals surface area contributed by atoms with Crippen molar-refractivity contribution in [3.63, 3.8) is 0 Å². The van der Waals surface area contributed by atoms with Crippen LogP contribution in [0.4, 0.5) is 0 Å². The van der Waals surface area contributed by atoms with Gasteiger partial charge < -0.3 is 10.2 Å². The minimum Gasteiger partial charge on any atom is -0.354 e. The van der Waals surface area contributed by atoms with Gasteiger partial charge in [-0.05, 0) is 17.9 Å². The Kier molecular flexibility index (Phi) is 6.77. The highest BCUT2D eigenvalue weighted by molar-refractivity contribution is 5.83. The summed E-state index contributed by atoms with van der Waals surface area (Å²) in [5.74, 6) is 0.199. The predicted octanol–water partition coefficient (Wildman–Crippen LogP) is 1.85. The number of carbonyl (C=O) groups is 2. The molecule has 110 valence electrons. The lowest BCUT2D eigenvalue weighted by Crippen LogP contribution is -2.41. The fraction of sp³-hybridized carbons (Fsp3) is 0.500. The van der Waals surface area contributed by atoms with Crippen molar-refractivity contribution in [2.75, 3.05) is 19.6 Å². The molecule has 0 atom stereocenters. The normalized spacial score (nSPS) is 10.4. The largest absolute Gasteiger partial charge is 0.354 e. The third kappa shape index (κ3) is 6.36. The van der Waals surface area contributed by atoms with Crippen LogP contribution in [-0.4, -0.2) is 36.3 Å². The van der Waals surface area contributed by atoms with Crippen molar-refractivity contribution in [2.45, 2.75) is 27.2 Å². The molecule has 4 heteroatoms. The highest BCUT2D eigenvalue weighted by Crippen LogP contribution is 2.00. The Bertz CT molecular complexity index is 429. The van der Waals surface area contributed by atoms with Crippen LogP contribution in [0.1, 0.15) is 26.3 Å². The lowest BCUT2D eigenvalue weighted by atomic mass is 10.1. The third-order valence-electron chi connectivity index (χ3n) is 2.94. The molecule has 1 N–H and O–H groups in total. The molecule has 0 aliphatic carbocycles. The van der Waals surface area contributed by atoms with Crippen molar-refractivity contribution in [1.82, 2.24) is 10.2 Å². The van der Waals surface area contributed by atoms with E-state index in [2.05, 4.69) is 5.32 Å². The molecule has 0 fully saturated rings. The monoisotopic (exact) mass is 276 g/mol. The van der Waals surface area contributed by atoms with Crippen LogP contribution < -0.4 is 5.32 Å². The maximum atomic E-state index is 11.8. The number of hydrogen-bond donors (Lipinski definition) is 1. The Morgan fingerprint density at radius 3 is 2.40 bits per heavy atom. The van der Waals surface area contributed by atoms with Gasteiger partial charge in [-0.3, -0.25) is 9.59 Å². The van der Waals surface area contributed by atoms with E-state index in [1.165, 1.54) is 12.5 Å². The number of carbonyl (C=O) groups excluding carboxylic acids is 2. The average molecular weight is 276 g/mol. The molecule has 0 bridgehead atoms. The minimum absolute atomic E-state index is 0.0584. The van der Waals surface area contributed by atoms with E-state index >= 15 is 0 Å². The van der Waals surface area contributed by atoms with Crippen LogP contribution in [-0.2, 0) is 16.0 Å². The lowest BCUT2D eigenvalue weighted by Gasteiger charge is -2.22. The summed E-state index contributed by atoms with van der Waals surface area (Å²) in [6.45, 7) is 6.91. The van der Waals surface area contributed by atoms with Crippen molar-refractivity contribution < 1.29 is 9.59 Å². The summed E-state index contributed by atoms with van der Waals surface area (Å²) in [6, 6.07) is 10.0. The Balaban J connectivity index is 2.33. The predicted molar refractivity (Wildman–Crippen MR) is 80.2 cm³/mol. The standard InChI is InChI=1S/C16H24N2O2/c1-13(2)11-18(14(3)19)12-16(20)17-10-9-15-7-5-4-6-8-15/h4-8,13H,9-12H2,1-3H3,(H,17,20). The number of nitrogens with zero attached hydrogens (tertiary/aromatic N) is 1. The SMILES string of the molecule is CC(=O)N(CC(=O)NCCc1ccccc1)CC(C)C. The molecule has 0 aliphatic heterocycles. The molecule has 2 amide bonds. The van der Waals surface area contributed by atoms with Crippen LogP contribution in [0.25, 0.3) is 0 Å². The fourth-order valence-electron chi connectivity index (χ4n) is 1.97. The van der Waals surface area contributed by atoms with Gasteiger partial charge in [0.15, 0.2) is 0 Å². The zero-order valence-electron chi connectivity index (χ0n) is 12.6. The molecule has 4 nitrogen and oxygen atoms in total. The lowest BCUT2D eigenvalue weighted by molar-refractivity contribution is -0.134. The smallest absolute Gasteiger partial charge is 0.239 e. The second-order valence-corrected chi connectivity index (χ2v) is 5.38. The van der Waals surface area contributed by atoms with Crippen LogP contribution in [0.2, 0.25) is 0 Å². The average Bonchev–Trinajstić information content (AvgIpc) is 2.38. The van der Waals surface area contributed by atoms with Crippen molar-refractivity contribution in [3.05, 3.63) is 35.9 Å². The van der Waals surface area contributed by atoms with Gasteiger partial charge in [-0.1, -0.05) is 44.2 Å². The van der Waals surface area contributed by atoms with Crippen molar-refractivity contribution >= 4 is 11.8 Å². The number of amides is 2. The molecule has 0 radical (unpaired) electrons. The Labute approximate surface area is 121 Å². The number of nitrogens with one attached hydrogen (secondary N) is 1. The second kappa shape index (κ2) is 8.35. The van der Waals surface area contributed by atoms with E-state index in [0.29, 0.717) is 19.0 Å². The minimum atomic E-state index is -0.100. The summed E-state index contributed by atoms with van der Waals surface area (Å²) in [5, 5.41) is 2.86. The molecule has 1 rings (SSSR count). The van der Waals surface area contributed by atoms with Gasteiger partial charge in [0.1, 0.15) is 0 Å². The molecule has 20 heavy (non-hydrogen) atoms. The summed E-state index contributed by atoms with van der Waals surface area (Å²) < 4.78 is 0. The first-order chi connectivity index (χ1) is 9.49.